The van der Waals surface area contributed by atoms with E-state index in [1.54, 1.807) is 42.4 Å². The topological polar surface area (TPSA) is 70.1 Å². The molecule has 2 aliphatic heterocycles. The van der Waals surface area contributed by atoms with Gasteiger partial charge in [0.2, 0.25) is 10.0 Å². The van der Waals surface area contributed by atoms with Crippen LogP contribution in [-0.4, -0.2) is 56.7 Å². The lowest BCUT2D eigenvalue weighted by molar-refractivity contribution is 0.0601. The summed E-state index contributed by atoms with van der Waals surface area (Å²) < 4.78 is 33.7. The first-order valence-corrected chi connectivity index (χ1v) is 12.9. The molecule has 0 aliphatic carbocycles. The highest BCUT2D eigenvalue weighted by molar-refractivity contribution is 7.89. The number of hydrogen-bond acceptors (Lipinski definition) is 5. The van der Waals surface area contributed by atoms with E-state index < -0.39 is 15.6 Å². The number of nitrogens with zero attached hydrogens (tertiary/aromatic N) is 2. The third-order valence-corrected chi connectivity index (χ3v) is 8.56. The maximum Gasteiger partial charge on any atom is 0.243 e. The molecule has 1 N–H and O–H groups in total. The Labute approximate surface area is 191 Å². The van der Waals surface area contributed by atoms with Crippen LogP contribution in [0.3, 0.4) is 0 Å². The van der Waals surface area contributed by atoms with Crippen LogP contribution in [0, 0.1) is 5.92 Å². The van der Waals surface area contributed by atoms with Gasteiger partial charge in [-0.3, -0.25) is 0 Å². The molecule has 0 spiro atoms. The Bertz CT molecular complexity index is 981. The molecule has 32 heavy (non-hydrogen) atoms. The Kier molecular flexibility index (Phi) is 6.91. The highest BCUT2D eigenvalue weighted by Gasteiger charge is 2.35. The van der Waals surface area contributed by atoms with Crippen molar-refractivity contribution in [3.8, 4) is 0 Å². The molecular formula is C25H34N2O4S. The predicted octanol–water partition coefficient (Wildman–Crippen LogP) is 3.61. The van der Waals surface area contributed by atoms with Crippen molar-refractivity contribution in [2.45, 2.75) is 49.6 Å². The highest BCUT2D eigenvalue weighted by atomic mass is 32.2. The molecule has 0 amide bonds. The summed E-state index contributed by atoms with van der Waals surface area (Å²) in [6, 6.07) is 16.8. The molecule has 1 unspecified atom stereocenters. The molecule has 0 bridgehead atoms. The van der Waals surface area contributed by atoms with Crippen LogP contribution < -0.4 is 4.90 Å². The van der Waals surface area contributed by atoms with E-state index >= 15 is 0 Å². The van der Waals surface area contributed by atoms with Gasteiger partial charge in [0.25, 0.3) is 0 Å². The lowest BCUT2D eigenvalue weighted by Gasteiger charge is -2.44. The summed E-state index contributed by atoms with van der Waals surface area (Å²) in [5.74, 6) is 0.534. The molecule has 174 valence electrons. The van der Waals surface area contributed by atoms with E-state index in [4.69, 9.17) is 4.74 Å². The van der Waals surface area contributed by atoms with Gasteiger partial charge in [0.05, 0.1) is 10.5 Å². The van der Waals surface area contributed by atoms with Crippen LogP contribution in [0.1, 0.15) is 38.7 Å². The minimum Gasteiger partial charge on any atom is -0.386 e. The number of benzene rings is 2. The fraction of sp³-hybridized carbons (Fsp3) is 0.520. The summed E-state index contributed by atoms with van der Waals surface area (Å²) in [5, 5.41) is 10.3. The Morgan fingerprint density at radius 1 is 1.00 bits per heavy atom. The van der Waals surface area contributed by atoms with E-state index in [9.17, 15) is 13.5 Å². The Morgan fingerprint density at radius 3 is 2.28 bits per heavy atom. The zero-order chi connectivity index (χ0) is 22.8. The monoisotopic (exact) mass is 458 g/mol. The second-order valence-corrected chi connectivity index (χ2v) is 11.4. The van der Waals surface area contributed by atoms with Gasteiger partial charge in [0, 0.05) is 44.6 Å². The van der Waals surface area contributed by atoms with Crippen LogP contribution in [0.4, 0.5) is 5.69 Å². The van der Waals surface area contributed by atoms with Crippen LogP contribution >= 0.6 is 0 Å². The van der Waals surface area contributed by atoms with Crippen LogP contribution in [0.15, 0.2) is 59.5 Å². The number of rotatable bonds is 6. The largest absolute Gasteiger partial charge is 0.386 e. The number of hydrogen-bond donors (Lipinski definition) is 1. The summed E-state index contributed by atoms with van der Waals surface area (Å²) in [7, 11) is -3.52. The van der Waals surface area contributed by atoms with E-state index in [0.29, 0.717) is 30.4 Å². The van der Waals surface area contributed by atoms with Crippen molar-refractivity contribution in [1.82, 2.24) is 4.31 Å². The van der Waals surface area contributed by atoms with Crippen LogP contribution in [0.2, 0.25) is 0 Å². The summed E-state index contributed by atoms with van der Waals surface area (Å²) in [5.41, 5.74) is 1.06. The summed E-state index contributed by atoms with van der Waals surface area (Å²) in [4.78, 5) is 2.70. The number of piperazine rings is 1. The number of ether oxygens (including phenoxy) is 1. The van der Waals surface area contributed by atoms with Crippen molar-refractivity contribution in [3.05, 3.63) is 60.2 Å². The number of aliphatic hydroxyl groups is 1. The van der Waals surface area contributed by atoms with Crippen LogP contribution in [0.25, 0.3) is 0 Å². The number of anilines is 1. The fourth-order valence-electron chi connectivity index (χ4n) is 4.76. The quantitative estimate of drug-likeness (QED) is 0.716. The molecular weight excluding hydrogens is 424 g/mol. The molecule has 4 rings (SSSR count). The van der Waals surface area contributed by atoms with Gasteiger partial charge >= 0.3 is 0 Å². The van der Waals surface area contributed by atoms with E-state index in [1.807, 2.05) is 30.3 Å². The maximum atomic E-state index is 13.3. The van der Waals surface area contributed by atoms with Crippen molar-refractivity contribution < 1.29 is 18.3 Å². The van der Waals surface area contributed by atoms with Crippen molar-refractivity contribution >= 4 is 15.7 Å². The molecule has 0 aromatic heterocycles. The zero-order valence-electron chi connectivity index (χ0n) is 19.0. The average molecular weight is 459 g/mol. The van der Waals surface area contributed by atoms with Crippen LogP contribution in [-0.2, 0) is 20.4 Å². The predicted molar refractivity (Wildman–Crippen MR) is 126 cm³/mol. The molecule has 2 aromatic carbocycles. The lowest BCUT2D eigenvalue weighted by Crippen LogP contribution is -2.55. The van der Waals surface area contributed by atoms with Crippen molar-refractivity contribution in [2.75, 3.05) is 37.7 Å². The normalized spacial score (nSPS) is 21.6. The first-order valence-electron chi connectivity index (χ1n) is 11.5. The van der Waals surface area contributed by atoms with Crippen molar-refractivity contribution in [3.63, 3.8) is 0 Å². The molecule has 2 aliphatic rings. The van der Waals surface area contributed by atoms with Crippen molar-refractivity contribution in [1.29, 1.82) is 0 Å². The molecule has 6 nitrogen and oxygen atoms in total. The summed E-state index contributed by atoms with van der Waals surface area (Å²) in [6.07, 6.45) is 2.98. The SMILES string of the molecule is CC(C)(O)c1ccc(N2CCN(S(=O)(=O)c3ccccc3)CC2CC2CCOCC2)cc1. The van der Waals surface area contributed by atoms with Gasteiger partial charge in [-0.15, -0.1) is 0 Å². The molecule has 2 heterocycles. The first kappa shape index (κ1) is 23.2. The van der Waals surface area contributed by atoms with Crippen LogP contribution in [0.5, 0.6) is 0 Å². The summed E-state index contributed by atoms with van der Waals surface area (Å²) in [6.45, 7) is 6.69. The van der Waals surface area contributed by atoms with E-state index in [0.717, 1.165) is 43.7 Å². The standard InChI is InChI=1S/C25H34N2O4S/c1-25(2,28)21-8-10-22(11-9-21)27-15-14-26(32(29,30)24-6-4-3-5-7-24)19-23(27)18-20-12-16-31-17-13-20/h3-11,20,23,28H,12-19H2,1-2H3. The van der Waals surface area contributed by atoms with E-state index in [1.165, 1.54) is 0 Å². The smallest absolute Gasteiger partial charge is 0.243 e. The Balaban J connectivity index is 1.58. The van der Waals surface area contributed by atoms with Gasteiger partial charge in [0.1, 0.15) is 0 Å². The Morgan fingerprint density at radius 2 is 1.66 bits per heavy atom. The van der Waals surface area contributed by atoms with Gasteiger partial charge in [-0.05, 0) is 68.9 Å². The fourth-order valence-corrected chi connectivity index (χ4v) is 6.25. The minimum atomic E-state index is -3.52. The van der Waals surface area contributed by atoms with Gasteiger partial charge in [-0.1, -0.05) is 30.3 Å². The number of sulfonamides is 1. The maximum absolute atomic E-state index is 13.3. The molecule has 1 atom stereocenters. The second kappa shape index (κ2) is 9.51. The van der Waals surface area contributed by atoms with E-state index in [2.05, 4.69) is 4.90 Å². The second-order valence-electron chi connectivity index (χ2n) is 9.42. The van der Waals surface area contributed by atoms with Gasteiger partial charge in [-0.2, -0.15) is 4.31 Å². The first-order chi connectivity index (χ1) is 15.2. The van der Waals surface area contributed by atoms with Gasteiger partial charge in [-0.25, -0.2) is 8.42 Å². The molecule has 2 fully saturated rings. The van der Waals surface area contributed by atoms with E-state index in [-0.39, 0.29) is 6.04 Å². The zero-order valence-corrected chi connectivity index (χ0v) is 19.8. The molecule has 0 radical (unpaired) electrons. The molecule has 2 aromatic rings. The minimum absolute atomic E-state index is 0.0957. The lowest BCUT2D eigenvalue weighted by atomic mass is 9.90. The Hall–Kier alpha value is -1.93. The molecule has 0 saturated carbocycles. The van der Waals surface area contributed by atoms with Gasteiger partial charge < -0.3 is 14.7 Å². The third-order valence-electron chi connectivity index (χ3n) is 6.68. The average Bonchev–Trinajstić information content (AvgIpc) is 2.80. The highest BCUT2D eigenvalue weighted by Crippen LogP contribution is 2.31. The third kappa shape index (κ3) is 5.17. The summed E-state index contributed by atoms with van der Waals surface area (Å²) >= 11 is 0. The molecule has 2 saturated heterocycles. The van der Waals surface area contributed by atoms with Crippen molar-refractivity contribution in [2.24, 2.45) is 5.92 Å². The van der Waals surface area contributed by atoms with Gasteiger partial charge in [0.15, 0.2) is 0 Å². The molecule has 7 heteroatoms.